The summed E-state index contributed by atoms with van der Waals surface area (Å²) < 4.78 is 0. The lowest BCUT2D eigenvalue weighted by Crippen LogP contribution is -2.14. The molecule has 1 aliphatic carbocycles. The van der Waals surface area contributed by atoms with Gasteiger partial charge in [-0.3, -0.25) is 10.1 Å². The molecule has 0 saturated heterocycles. The van der Waals surface area contributed by atoms with Crippen LogP contribution >= 0.6 is 0 Å². The van der Waals surface area contributed by atoms with Crippen LogP contribution in [0.3, 0.4) is 0 Å². The van der Waals surface area contributed by atoms with E-state index in [-0.39, 0.29) is 10.6 Å². The smallest absolute Gasteiger partial charge is 0.292 e. The minimum absolute atomic E-state index is 0.230. The number of benzene rings is 1. The van der Waals surface area contributed by atoms with Gasteiger partial charge < -0.3 is 5.32 Å². The van der Waals surface area contributed by atoms with E-state index in [4.69, 9.17) is 0 Å². The molecule has 1 N–H and O–H groups in total. The van der Waals surface area contributed by atoms with Crippen LogP contribution in [0.1, 0.15) is 50.0 Å². The Bertz CT molecular complexity index is 479. The number of hydrogen-bond donors (Lipinski definition) is 1. The van der Waals surface area contributed by atoms with Crippen molar-refractivity contribution in [3.05, 3.63) is 33.9 Å². The van der Waals surface area contributed by atoms with Crippen molar-refractivity contribution in [2.24, 2.45) is 5.92 Å². The second-order valence-corrected chi connectivity index (χ2v) is 5.74. The van der Waals surface area contributed by atoms with Crippen LogP contribution < -0.4 is 5.32 Å². The third-order valence-electron chi connectivity index (χ3n) is 4.64. The molecular formula is C15H20N2O2. The molecule has 0 spiro atoms. The van der Waals surface area contributed by atoms with Crippen LogP contribution in [-0.4, -0.2) is 11.5 Å². The van der Waals surface area contributed by atoms with E-state index in [9.17, 15) is 10.1 Å². The first kappa shape index (κ1) is 12.5. The molecule has 2 aliphatic rings. The number of para-hydroxylation sites is 1. The molecule has 19 heavy (non-hydrogen) atoms. The SMILES string of the molecule is O=[N+]([O-])c1cccc2c1NCC2C1CCCCCC1. The van der Waals surface area contributed by atoms with Gasteiger partial charge in [-0.1, -0.05) is 37.8 Å². The highest BCUT2D eigenvalue weighted by molar-refractivity contribution is 5.70. The first-order chi connectivity index (χ1) is 9.27. The fourth-order valence-electron chi connectivity index (χ4n) is 3.67. The normalized spacial score (nSPS) is 23.5. The number of nitro benzene ring substituents is 1. The maximum atomic E-state index is 11.1. The number of nitrogens with zero attached hydrogens (tertiary/aromatic N) is 1. The van der Waals surface area contributed by atoms with Crippen molar-refractivity contribution in [3.63, 3.8) is 0 Å². The summed E-state index contributed by atoms with van der Waals surface area (Å²) in [6.45, 7) is 0.866. The molecule has 4 nitrogen and oxygen atoms in total. The van der Waals surface area contributed by atoms with Gasteiger partial charge in [0, 0.05) is 18.5 Å². The molecule has 0 aromatic heterocycles. The molecule has 1 unspecified atom stereocenters. The van der Waals surface area contributed by atoms with Crippen LogP contribution in [0, 0.1) is 16.0 Å². The lowest BCUT2D eigenvalue weighted by Gasteiger charge is -2.21. The molecule has 102 valence electrons. The van der Waals surface area contributed by atoms with Gasteiger partial charge in [0.2, 0.25) is 0 Å². The van der Waals surface area contributed by atoms with E-state index in [0.29, 0.717) is 11.8 Å². The Labute approximate surface area is 113 Å². The molecule has 1 atom stereocenters. The average Bonchev–Trinajstić information content (AvgIpc) is 2.66. The van der Waals surface area contributed by atoms with Crippen molar-refractivity contribution < 1.29 is 4.92 Å². The lowest BCUT2D eigenvalue weighted by atomic mass is 9.82. The number of hydrogen-bond acceptors (Lipinski definition) is 3. The van der Waals surface area contributed by atoms with Gasteiger partial charge in [-0.05, 0) is 24.3 Å². The predicted molar refractivity (Wildman–Crippen MR) is 75.5 cm³/mol. The summed E-state index contributed by atoms with van der Waals surface area (Å²) >= 11 is 0. The molecule has 1 aromatic carbocycles. The Morgan fingerprint density at radius 1 is 1.16 bits per heavy atom. The molecule has 1 aromatic rings. The molecule has 1 heterocycles. The number of anilines is 1. The standard InChI is InChI=1S/C15H20N2O2/c18-17(19)14-9-5-8-12-13(10-16-15(12)14)11-6-3-1-2-4-7-11/h5,8-9,11,13,16H,1-4,6-7,10H2. The molecule has 0 bridgehead atoms. The monoisotopic (exact) mass is 260 g/mol. The van der Waals surface area contributed by atoms with Gasteiger partial charge in [-0.2, -0.15) is 0 Å². The Balaban J connectivity index is 1.89. The average molecular weight is 260 g/mol. The lowest BCUT2D eigenvalue weighted by molar-refractivity contribution is -0.383. The van der Waals surface area contributed by atoms with Crippen LogP contribution in [0.5, 0.6) is 0 Å². The van der Waals surface area contributed by atoms with E-state index in [1.54, 1.807) is 6.07 Å². The van der Waals surface area contributed by atoms with Gasteiger partial charge in [0.15, 0.2) is 0 Å². The fraction of sp³-hybridized carbons (Fsp3) is 0.600. The van der Waals surface area contributed by atoms with Crippen molar-refractivity contribution in [3.8, 4) is 0 Å². The highest BCUT2D eigenvalue weighted by Gasteiger charge is 2.33. The summed E-state index contributed by atoms with van der Waals surface area (Å²) in [7, 11) is 0. The number of fused-ring (bicyclic) bond motifs is 1. The second-order valence-electron chi connectivity index (χ2n) is 5.74. The van der Waals surface area contributed by atoms with Gasteiger partial charge in [-0.25, -0.2) is 0 Å². The third kappa shape index (κ3) is 2.31. The van der Waals surface area contributed by atoms with Gasteiger partial charge >= 0.3 is 0 Å². The van der Waals surface area contributed by atoms with Gasteiger partial charge in [0.05, 0.1) is 4.92 Å². The Morgan fingerprint density at radius 3 is 2.58 bits per heavy atom. The summed E-state index contributed by atoms with van der Waals surface area (Å²) in [4.78, 5) is 10.8. The van der Waals surface area contributed by atoms with E-state index in [1.807, 2.05) is 6.07 Å². The van der Waals surface area contributed by atoms with Crippen LogP contribution in [0.15, 0.2) is 18.2 Å². The first-order valence-corrected chi connectivity index (χ1v) is 7.28. The van der Waals surface area contributed by atoms with Gasteiger partial charge in [0.1, 0.15) is 5.69 Å². The number of rotatable bonds is 2. The summed E-state index contributed by atoms with van der Waals surface area (Å²) in [6.07, 6.45) is 7.86. The molecule has 3 rings (SSSR count). The number of nitro groups is 1. The summed E-state index contributed by atoms with van der Waals surface area (Å²) in [5, 5.41) is 14.3. The van der Waals surface area contributed by atoms with Crippen molar-refractivity contribution >= 4 is 11.4 Å². The zero-order valence-electron chi connectivity index (χ0n) is 11.1. The van der Waals surface area contributed by atoms with Crippen LogP contribution in [0.25, 0.3) is 0 Å². The highest BCUT2D eigenvalue weighted by atomic mass is 16.6. The van der Waals surface area contributed by atoms with E-state index in [2.05, 4.69) is 11.4 Å². The predicted octanol–water partition coefficient (Wildman–Crippen LogP) is 4.07. The number of nitrogens with one attached hydrogen (secondary N) is 1. The van der Waals surface area contributed by atoms with E-state index in [1.165, 1.54) is 44.1 Å². The van der Waals surface area contributed by atoms with Crippen LogP contribution in [0.4, 0.5) is 11.4 Å². The van der Waals surface area contributed by atoms with Gasteiger partial charge in [0.25, 0.3) is 5.69 Å². The highest BCUT2D eigenvalue weighted by Crippen LogP contribution is 2.44. The minimum atomic E-state index is -0.276. The molecule has 0 amide bonds. The maximum Gasteiger partial charge on any atom is 0.292 e. The van der Waals surface area contributed by atoms with Crippen LogP contribution in [0.2, 0.25) is 0 Å². The Morgan fingerprint density at radius 2 is 1.89 bits per heavy atom. The molecule has 1 saturated carbocycles. The molecule has 1 fully saturated rings. The van der Waals surface area contributed by atoms with Crippen molar-refractivity contribution in [2.75, 3.05) is 11.9 Å². The summed E-state index contributed by atoms with van der Waals surface area (Å²) in [5.41, 5.74) is 2.16. The summed E-state index contributed by atoms with van der Waals surface area (Å²) in [6, 6.07) is 5.49. The van der Waals surface area contributed by atoms with Gasteiger partial charge in [-0.15, -0.1) is 0 Å². The first-order valence-electron chi connectivity index (χ1n) is 7.28. The Hall–Kier alpha value is -1.58. The zero-order valence-corrected chi connectivity index (χ0v) is 11.1. The van der Waals surface area contributed by atoms with Crippen molar-refractivity contribution in [1.29, 1.82) is 0 Å². The minimum Gasteiger partial charge on any atom is -0.379 e. The molecule has 4 heteroatoms. The van der Waals surface area contributed by atoms with Crippen molar-refractivity contribution in [2.45, 2.75) is 44.4 Å². The summed E-state index contributed by atoms with van der Waals surface area (Å²) in [5.74, 6) is 1.16. The topological polar surface area (TPSA) is 55.2 Å². The second kappa shape index (κ2) is 5.19. The quantitative estimate of drug-likeness (QED) is 0.495. The molecule has 0 radical (unpaired) electrons. The molecular weight excluding hydrogens is 240 g/mol. The maximum absolute atomic E-state index is 11.1. The largest absolute Gasteiger partial charge is 0.379 e. The van der Waals surface area contributed by atoms with E-state index >= 15 is 0 Å². The third-order valence-corrected chi connectivity index (χ3v) is 4.64. The van der Waals surface area contributed by atoms with Crippen molar-refractivity contribution in [1.82, 2.24) is 0 Å². The fourth-order valence-corrected chi connectivity index (χ4v) is 3.67. The van der Waals surface area contributed by atoms with Crippen LogP contribution in [-0.2, 0) is 0 Å². The zero-order chi connectivity index (χ0) is 13.2. The van der Waals surface area contributed by atoms with E-state index < -0.39 is 0 Å². The van der Waals surface area contributed by atoms with E-state index in [0.717, 1.165) is 12.2 Å². The molecule has 1 aliphatic heterocycles. The Kier molecular flexibility index (Phi) is 3.40.